The zero-order chi connectivity index (χ0) is 18.4. The van der Waals surface area contributed by atoms with E-state index in [4.69, 9.17) is 0 Å². The van der Waals surface area contributed by atoms with Gasteiger partial charge in [0.2, 0.25) is 5.91 Å². The van der Waals surface area contributed by atoms with Gasteiger partial charge in [-0.15, -0.1) is 0 Å². The number of nitrogens with one attached hydrogen (secondary N) is 2. The predicted octanol–water partition coefficient (Wildman–Crippen LogP) is 1.46. The summed E-state index contributed by atoms with van der Waals surface area (Å²) >= 11 is 0. The van der Waals surface area contributed by atoms with Crippen molar-refractivity contribution in [3.8, 4) is 0 Å². The molecule has 1 saturated heterocycles. The highest BCUT2D eigenvalue weighted by atomic mass is 19.1. The molecule has 2 rings (SSSR count). The van der Waals surface area contributed by atoms with Crippen LogP contribution in [0.25, 0.3) is 0 Å². The van der Waals surface area contributed by atoms with E-state index in [2.05, 4.69) is 5.32 Å². The summed E-state index contributed by atoms with van der Waals surface area (Å²) in [7, 11) is 0. The molecule has 2 N–H and O–H groups in total. The average Bonchev–Trinajstić information content (AvgIpc) is 2.54. The molecule has 0 aliphatic carbocycles. The maximum absolute atomic E-state index is 13.0. The zero-order valence-corrected chi connectivity index (χ0v) is 15.4. The fraction of sp³-hybridized carbons (Fsp3) is 0.579. The van der Waals surface area contributed by atoms with Crippen LogP contribution in [0.3, 0.4) is 0 Å². The third kappa shape index (κ3) is 6.12. The molecule has 0 spiro atoms. The molecule has 0 atom stereocenters. The van der Waals surface area contributed by atoms with Crippen molar-refractivity contribution in [2.24, 2.45) is 0 Å². The van der Waals surface area contributed by atoms with Crippen molar-refractivity contribution < 1.29 is 18.9 Å². The monoisotopic (exact) mass is 350 g/mol. The summed E-state index contributed by atoms with van der Waals surface area (Å²) in [5.74, 6) is -0.629. The van der Waals surface area contributed by atoms with Crippen LogP contribution in [-0.4, -0.2) is 48.4 Å². The highest BCUT2D eigenvalue weighted by molar-refractivity contribution is 5.94. The van der Waals surface area contributed by atoms with Crippen molar-refractivity contribution in [3.63, 3.8) is 0 Å². The van der Waals surface area contributed by atoms with Crippen molar-refractivity contribution in [2.75, 3.05) is 31.5 Å². The quantitative estimate of drug-likeness (QED) is 0.845. The largest absolute Gasteiger partial charge is 0.327 e. The number of nitrogens with zero attached hydrogens (tertiary/aromatic N) is 1. The number of carbonyl (C=O) groups is 2. The molecule has 0 aromatic heterocycles. The molecule has 1 aromatic rings. The summed E-state index contributed by atoms with van der Waals surface area (Å²) in [4.78, 5) is 28.0. The Bertz CT molecular complexity index is 590. The molecule has 5 nitrogen and oxygen atoms in total. The molecular weight excluding hydrogens is 321 g/mol. The average molecular weight is 350 g/mol. The van der Waals surface area contributed by atoms with Crippen LogP contribution in [0, 0.1) is 5.82 Å². The van der Waals surface area contributed by atoms with Gasteiger partial charge >= 0.3 is 0 Å². The van der Waals surface area contributed by atoms with E-state index in [0.717, 1.165) is 25.9 Å². The lowest BCUT2D eigenvalue weighted by molar-refractivity contribution is -0.897. The van der Waals surface area contributed by atoms with Gasteiger partial charge in [0.1, 0.15) is 12.4 Å². The van der Waals surface area contributed by atoms with Gasteiger partial charge in [-0.1, -0.05) is 0 Å². The van der Waals surface area contributed by atoms with Gasteiger partial charge in [0, 0.05) is 11.2 Å². The number of quaternary nitrogens is 1. The fourth-order valence-electron chi connectivity index (χ4n) is 3.11. The number of halogens is 1. The van der Waals surface area contributed by atoms with Gasteiger partial charge in [0.05, 0.1) is 13.1 Å². The predicted molar refractivity (Wildman–Crippen MR) is 95.9 cm³/mol. The number of carbonyl (C=O) groups excluding carboxylic acids is 2. The Morgan fingerprint density at radius 1 is 1.12 bits per heavy atom. The first kappa shape index (κ1) is 19.4. The molecule has 0 unspecified atom stereocenters. The molecule has 2 amide bonds. The third-order valence-electron chi connectivity index (χ3n) is 4.50. The van der Waals surface area contributed by atoms with E-state index in [0.29, 0.717) is 12.2 Å². The van der Waals surface area contributed by atoms with Crippen LogP contribution in [0.2, 0.25) is 0 Å². The topological polar surface area (TPSA) is 53.9 Å². The number of likely N-dealkylation sites (tertiary alicyclic amines) is 1. The Labute approximate surface area is 149 Å². The molecule has 25 heavy (non-hydrogen) atoms. The third-order valence-corrected chi connectivity index (χ3v) is 4.50. The van der Waals surface area contributed by atoms with Crippen LogP contribution in [0.15, 0.2) is 24.3 Å². The van der Waals surface area contributed by atoms with Gasteiger partial charge in [0.25, 0.3) is 5.91 Å². The minimum Gasteiger partial charge on any atom is -0.327 e. The first-order chi connectivity index (χ1) is 11.8. The first-order valence-electron chi connectivity index (χ1n) is 8.95. The normalized spacial score (nSPS) is 15.7. The van der Waals surface area contributed by atoms with Crippen molar-refractivity contribution in [2.45, 2.75) is 45.6 Å². The lowest BCUT2D eigenvalue weighted by Crippen LogP contribution is -3.14. The van der Waals surface area contributed by atoms with E-state index >= 15 is 0 Å². The summed E-state index contributed by atoms with van der Waals surface area (Å²) < 4.78 is 13.0. The van der Waals surface area contributed by atoms with Crippen molar-refractivity contribution in [1.29, 1.82) is 0 Å². The van der Waals surface area contributed by atoms with Gasteiger partial charge in [0.15, 0.2) is 6.54 Å². The van der Waals surface area contributed by atoms with E-state index < -0.39 is 5.54 Å². The molecule has 6 heteroatoms. The molecule has 138 valence electrons. The maximum Gasteiger partial charge on any atom is 0.278 e. The number of benzene rings is 1. The Balaban J connectivity index is 1.97. The van der Waals surface area contributed by atoms with Crippen LogP contribution >= 0.6 is 0 Å². The smallest absolute Gasteiger partial charge is 0.278 e. The van der Waals surface area contributed by atoms with Gasteiger partial charge in [-0.05, 0) is 64.3 Å². The first-order valence-corrected chi connectivity index (χ1v) is 8.95. The van der Waals surface area contributed by atoms with E-state index in [1.807, 2.05) is 20.8 Å². The molecule has 1 aromatic carbocycles. The lowest BCUT2D eigenvalue weighted by Gasteiger charge is -2.36. The molecule has 0 bridgehead atoms. The van der Waals surface area contributed by atoms with Gasteiger partial charge in [-0.25, -0.2) is 4.39 Å². The number of amides is 2. The number of rotatable bonds is 5. The Morgan fingerprint density at radius 2 is 1.72 bits per heavy atom. The molecule has 1 heterocycles. The highest BCUT2D eigenvalue weighted by Crippen LogP contribution is 2.14. The second-order valence-corrected chi connectivity index (χ2v) is 7.69. The standard InChI is InChI=1S/C19H28FN3O2/c1-19(2,3)23(18(25)14-22-11-5-4-6-12-22)13-17(24)21-16-9-7-15(20)8-10-16/h7-10H,4-6,11-14H2,1-3H3,(H,21,24)/p+1. The SMILES string of the molecule is CC(C)(C)N(CC(=O)Nc1ccc(F)cc1)C(=O)C[NH+]1CCCCC1. The minimum absolute atomic E-state index is 0.00124. The molecule has 1 aliphatic rings. The molecular formula is C19H29FN3O2+. The Kier molecular flexibility index (Phi) is 6.53. The summed E-state index contributed by atoms with van der Waals surface area (Å²) in [6.45, 7) is 8.26. The maximum atomic E-state index is 13.0. The summed E-state index contributed by atoms with van der Waals surface area (Å²) in [6.07, 6.45) is 3.55. The molecule has 0 saturated carbocycles. The van der Waals surface area contributed by atoms with E-state index in [-0.39, 0.29) is 24.2 Å². The van der Waals surface area contributed by atoms with Crippen LogP contribution in [0.5, 0.6) is 0 Å². The van der Waals surface area contributed by atoms with Crippen molar-refractivity contribution >= 4 is 17.5 Å². The van der Waals surface area contributed by atoms with E-state index in [9.17, 15) is 14.0 Å². The number of anilines is 1. The van der Waals surface area contributed by atoms with E-state index in [1.54, 1.807) is 4.90 Å². The van der Waals surface area contributed by atoms with Crippen molar-refractivity contribution in [1.82, 2.24) is 4.90 Å². The van der Waals surface area contributed by atoms with Crippen LogP contribution in [-0.2, 0) is 9.59 Å². The number of hydrogen-bond acceptors (Lipinski definition) is 2. The van der Waals surface area contributed by atoms with E-state index in [1.165, 1.54) is 35.6 Å². The van der Waals surface area contributed by atoms with Crippen LogP contribution in [0.4, 0.5) is 10.1 Å². The lowest BCUT2D eigenvalue weighted by atomic mass is 10.1. The van der Waals surface area contributed by atoms with Gasteiger partial charge in [-0.3, -0.25) is 9.59 Å². The number of piperidine rings is 1. The van der Waals surface area contributed by atoms with Crippen LogP contribution < -0.4 is 10.2 Å². The Morgan fingerprint density at radius 3 is 2.28 bits per heavy atom. The van der Waals surface area contributed by atoms with Gasteiger partial charge in [-0.2, -0.15) is 0 Å². The minimum atomic E-state index is -0.438. The second kappa shape index (κ2) is 8.43. The van der Waals surface area contributed by atoms with Crippen LogP contribution in [0.1, 0.15) is 40.0 Å². The second-order valence-electron chi connectivity index (χ2n) is 7.69. The fourth-order valence-corrected chi connectivity index (χ4v) is 3.11. The van der Waals surface area contributed by atoms with Gasteiger partial charge < -0.3 is 15.1 Å². The summed E-state index contributed by atoms with van der Waals surface area (Å²) in [5, 5.41) is 2.72. The zero-order valence-electron chi connectivity index (χ0n) is 15.4. The Hall–Kier alpha value is -1.95. The molecule has 1 aliphatic heterocycles. The highest BCUT2D eigenvalue weighted by Gasteiger charge is 2.31. The molecule has 0 radical (unpaired) electrons. The summed E-state index contributed by atoms with van der Waals surface area (Å²) in [5.41, 5.74) is 0.0845. The van der Waals surface area contributed by atoms with Crippen molar-refractivity contribution in [3.05, 3.63) is 30.1 Å². The molecule has 1 fully saturated rings. The summed E-state index contributed by atoms with van der Waals surface area (Å²) in [6, 6.07) is 5.60. The number of hydrogen-bond donors (Lipinski definition) is 2.